The van der Waals surface area contributed by atoms with Gasteiger partial charge >= 0.3 is 11.9 Å². The Morgan fingerprint density at radius 1 is 1.27 bits per heavy atom. The van der Waals surface area contributed by atoms with Crippen LogP contribution in [-0.4, -0.2) is 31.8 Å². The van der Waals surface area contributed by atoms with Crippen LogP contribution in [0.2, 0.25) is 0 Å². The first-order chi connectivity index (χ1) is 10.4. The topological polar surface area (TPSA) is 61.8 Å². The molecule has 0 aliphatic heterocycles. The van der Waals surface area contributed by atoms with E-state index in [9.17, 15) is 9.59 Å². The Bertz CT molecular complexity index is 557. The lowest BCUT2D eigenvalue weighted by Gasteiger charge is -2.12. The molecule has 1 aromatic carbocycles. The first-order valence-electron chi connectivity index (χ1n) is 6.77. The lowest BCUT2D eigenvalue weighted by molar-refractivity contribution is -0.152. The minimum absolute atomic E-state index is 0.00614. The van der Waals surface area contributed by atoms with Crippen LogP contribution in [0.3, 0.4) is 0 Å². The van der Waals surface area contributed by atoms with Gasteiger partial charge in [0.15, 0.2) is 0 Å². The highest BCUT2D eigenvalue weighted by Gasteiger charge is 2.10. The number of carbonyl (C=O) groups excluding carboxylic acids is 2. The summed E-state index contributed by atoms with van der Waals surface area (Å²) >= 11 is 0. The zero-order valence-corrected chi connectivity index (χ0v) is 13.0. The number of hydrogen-bond donors (Lipinski definition) is 0. The molecule has 118 valence electrons. The van der Waals surface area contributed by atoms with Gasteiger partial charge in [-0.25, -0.2) is 9.59 Å². The fourth-order valence-corrected chi connectivity index (χ4v) is 1.47. The highest BCUT2D eigenvalue weighted by atomic mass is 16.6. The lowest BCUT2D eigenvalue weighted by Crippen LogP contribution is -2.21. The van der Waals surface area contributed by atoms with Crippen molar-refractivity contribution in [2.45, 2.75) is 20.0 Å². The van der Waals surface area contributed by atoms with Crippen LogP contribution < -0.4 is 4.74 Å². The fourth-order valence-electron chi connectivity index (χ4n) is 1.47. The monoisotopic (exact) mass is 304 g/mol. The Morgan fingerprint density at radius 3 is 2.45 bits per heavy atom. The number of carbonyl (C=O) groups is 2. The number of rotatable bonds is 7. The molecule has 1 atom stereocenters. The van der Waals surface area contributed by atoms with Crippen molar-refractivity contribution in [2.75, 3.05) is 13.7 Å². The van der Waals surface area contributed by atoms with Gasteiger partial charge in [0.2, 0.25) is 0 Å². The molecule has 0 fully saturated rings. The lowest BCUT2D eigenvalue weighted by atomic mass is 10.2. The van der Waals surface area contributed by atoms with Gasteiger partial charge in [0.25, 0.3) is 0 Å². The van der Waals surface area contributed by atoms with Crippen LogP contribution in [0.15, 0.2) is 42.5 Å². The molecule has 0 saturated carbocycles. The van der Waals surface area contributed by atoms with E-state index in [0.717, 1.165) is 11.3 Å². The minimum atomic E-state index is -0.531. The van der Waals surface area contributed by atoms with Gasteiger partial charge in [-0.2, -0.15) is 0 Å². The third kappa shape index (κ3) is 6.26. The van der Waals surface area contributed by atoms with E-state index < -0.39 is 18.0 Å². The third-order valence-electron chi connectivity index (χ3n) is 2.64. The molecule has 1 rings (SSSR count). The standard InChI is InChI=1S/C17H20O5/c1-12(2)17(19)21-11-13(3)22-16(18)10-7-14-5-8-15(20-4)9-6-14/h5-10,13H,1,11H2,2-4H3. The quantitative estimate of drug-likeness (QED) is 0.572. The second-order valence-electron chi connectivity index (χ2n) is 4.73. The predicted octanol–water partition coefficient (Wildman–Crippen LogP) is 2.76. The molecule has 0 amide bonds. The van der Waals surface area contributed by atoms with Crippen molar-refractivity contribution in [2.24, 2.45) is 0 Å². The number of esters is 2. The summed E-state index contributed by atoms with van der Waals surface area (Å²) in [6.07, 6.45) is 2.42. The van der Waals surface area contributed by atoms with Crippen LogP contribution in [0.1, 0.15) is 19.4 Å². The smallest absolute Gasteiger partial charge is 0.333 e. The van der Waals surface area contributed by atoms with Gasteiger partial charge in [-0.05, 0) is 37.6 Å². The molecule has 0 radical (unpaired) electrons. The van der Waals surface area contributed by atoms with Crippen molar-refractivity contribution in [3.8, 4) is 5.75 Å². The zero-order chi connectivity index (χ0) is 16.5. The minimum Gasteiger partial charge on any atom is -0.497 e. The van der Waals surface area contributed by atoms with Crippen LogP contribution in [0, 0.1) is 0 Å². The average Bonchev–Trinajstić information content (AvgIpc) is 2.50. The van der Waals surface area contributed by atoms with Gasteiger partial charge < -0.3 is 14.2 Å². The Balaban J connectivity index is 2.42. The number of benzene rings is 1. The average molecular weight is 304 g/mol. The first kappa shape index (κ1) is 17.5. The van der Waals surface area contributed by atoms with Crippen molar-refractivity contribution in [1.29, 1.82) is 0 Å². The summed E-state index contributed by atoms with van der Waals surface area (Å²) in [5.74, 6) is -0.265. The zero-order valence-electron chi connectivity index (χ0n) is 13.0. The molecular formula is C17H20O5. The van der Waals surface area contributed by atoms with E-state index in [1.807, 2.05) is 12.1 Å². The molecular weight excluding hydrogens is 284 g/mol. The fraction of sp³-hybridized carbons (Fsp3) is 0.294. The van der Waals surface area contributed by atoms with E-state index in [0.29, 0.717) is 5.57 Å². The van der Waals surface area contributed by atoms with Crippen molar-refractivity contribution in [3.63, 3.8) is 0 Å². The molecule has 5 nitrogen and oxygen atoms in total. The Hall–Kier alpha value is -2.56. The van der Waals surface area contributed by atoms with Crippen LogP contribution in [0.5, 0.6) is 5.75 Å². The van der Waals surface area contributed by atoms with E-state index in [-0.39, 0.29) is 6.61 Å². The van der Waals surface area contributed by atoms with E-state index in [1.165, 1.54) is 6.08 Å². The molecule has 1 aromatic rings. The summed E-state index contributed by atoms with van der Waals surface area (Å²) in [7, 11) is 1.59. The highest BCUT2D eigenvalue weighted by Crippen LogP contribution is 2.12. The Morgan fingerprint density at radius 2 is 1.91 bits per heavy atom. The molecule has 5 heteroatoms. The summed E-state index contributed by atoms with van der Waals surface area (Å²) < 4.78 is 15.0. The van der Waals surface area contributed by atoms with Crippen LogP contribution in [0.4, 0.5) is 0 Å². The van der Waals surface area contributed by atoms with Gasteiger partial charge in [-0.15, -0.1) is 0 Å². The molecule has 22 heavy (non-hydrogen) atoms. The summed E-state index contributed by atoms with van der Waals surface area (Å²) in [5, 5.41) is 0. The molecule has 1 unspecified atom stereocenters. The van der Waals surface area contributed by atoms with Gasteiger partial charge in [0.1, 0.15) is 18.5 Å². The van der Waals surface area contributed by atoms with E-state index in [4.69, 9.17) is 14.2 Å². The Kier molecular flexibility index (Phi) is 6.89. The largest absolute Gasteiger partial charge is 0.497 e. The maximum Gasteiger partial charge on any atom is 0.333 e. The maximum atomic E-state index is 11.6. The second-order valence-corrected chi connectivity index (χ2v) is 4.73. The molecule has 0 bridgehead atoms. The summed E-state index contributed by atoms with van der Waals surface area (Å²) in [6, 6.07) is 7.23. The highest BCUT2D eigenvalue weighted by molar-refractivity contribution is 5.87. The maximum absolute atomic E-state index is 11.6. The van der Waals surface area contributed by atoms with Crippen molar-refractivity contribution in [1.82, 2.24) is 0 Å². The van der Waals surface area contributed by atoms with Gasteiger partial charge in [0.05, 0.1) is 7.11 Å². The van der Waals surface area contributed by atoms with Gasteiger partial charge in [-0.3, -0.25) is 0 Å². The predicted molar refractivity (Wildman–Crippen MR) is 83.4 cm³/mol. The van der Waals surface area contributed by atoms with Crippen LogP contribution in [0.25, 0.3) is 6.08 Å². The van der Waals surface area contributed by atoms with E-state index in [2.05, 4.69) is 6.58 Å². The number of methoxy groups -OCH3 is 1. The van der Waals surface area contributed by atoms with Gasteiger partial charge in [0, 0.05) is 11.6 Å². The second kappa shape index (κ2) is 8.67. The molecule has 0 heterocycles. The van der Waals surface area contributed by atoms with Crippen molar-refractivity contribution < 1.29 is 23.8 Å². The van der Waals surface area contributed by atoms with Crippen molar-refractivity contribution >= 4 is 18.0 Å². The Labute approximate surface area is 130 Å². The van der Waals surface area contributed by atoms with Crippen LogP contribution >= 0.6 is 0 Å². The normalized spacial score (nSPS) is 11.8. The first-order valence-corrected chi connectivity index (χ1v) is 6.77. The van der Waals surface area contributed by atoms with E-state index in [1.54, 1.807) is 39.2 Å². The molecule has 0 aliphatic rings. The summed E-state index contributed by atoms with van der Waals surface area (Å²) in [4.78, 5) is 22.8. The third-order valence-corrected chi connectivity index (χ3v) is 2.64. The molecule has 0 saturated heterocycles. The van der Waals surface area contributed by atoms with E-state index >= 15 is 0 Å². The number of hydrogen-bond acceptors (Lipinski definition) is 5. The molecule has 0 spiro atoms. The number of ether oxygens (including phenoxy) is 3. The van der Waals surface area contributed by atoms with Crippen molar-refractivity contribution in [3.05, 3.63) is 48.1 Å². The molecule has 0 aliphatic carbocycles. The van der Waals surface area contributed by atoms with Gasteiger partial charge in [-0.1, -0.05) is 18.7 Å². The summed E-state index contributed by atoms with van der Waals surface area (Å²) in [6.45, 7) is 6.66. The summed E-state index contributed by atoms with van der Waals surface area (Å²) in [5.41, 5.74) is 1.15. The molecule has 0 aromatic heterocycles. The van der Waals surface area contributed by atoms with Crippen LogP contribution in [-0.2, 0) is 19.1 Å². The molecule has 0 N–H and O–H groups in total. The SMILES string of the molecule is C=C(C)C(=O)OCC(C)OC(=O)C=Cc1ccc(OC)cc1.